The molecule has 0 aliphatic carbocycles. The second-order valence-electron chi connectivity index (χ2n) is 6.53. The maximum absolute atomic E-state index is 12.4. The number of aromatic hydroxyl groups is 1. The Morgan fingerprint density at radius 1 is 1.21 bits per heavy atom. The van der Waals surface area contributed by atoms with Crippen LogP contribution in [0.3, 0.4) is 0 Å². The van der Waals surface area contributed by atoms with Crippen LogP contribution in [-0.2, 0) is 16.0 Å². The van der Waals surface area contributed by atoms with Crippen molar-refractivity contribution in [1.29, 1.82) is 0 Å². The number of hydrogen-bond donors (Lipinski definition) is 3. The van der Waals surface area contributed by atoms with Gasteiger partial charge in [0.15, 0.2) is 0 Å². The first-order valence-corrected chi connectivity index (χ1v) is 7.69. The highest BCUT2D eigenvalue weighted by molar-refractivity contribution is 5.96. The van der Waals surface area contributed by atoms with E-state index in [9.17, 15) is 14.7 Å². The zero-order valence-electron chi connectivity index (χ0n) is 14.0. The van der Waals surface area contributed by atoms with Gasteiger partial charge >= 0.3 is 5.97 Å². The number of esters is 1. The molecule has 6 heteroatoms. The lowest BCUT2D eigenvalue weighted by Crippen LogP contribution is -2.45. The molecular weight excluding hydrogens is 308 g/mol. The fourth-order valence-corrected chi connectivity index (χ4v) is 2.14. The van der Waals surface area contributed by atoms with Gasteiger partial charge in [-0.25, -0.2) is 4.79 Å². The lowest BCUT2D eigenvalue weighted by atomic mass is 10.0. The third-order valence-corrected chi connectivity index (χ3v) is 3.23. The van der Waals surface area contributed by atoms with Crippen molar-refractivity contribution in [2.24, 2.45) is 0 Å². The molecular formula is C18H22N2O4. The van der Waals surface area contributed by atoms with Crippen molar-refractivity contribution in [3.63, 3.8) is 0 Å². The van der Waals surface area contributed by atoms with Crippen LogP contribution < -0.4 is 5.32 Å². The van der Waals surface area contributed by atoms with Gasteiger partial charge < -0.3 is 20.1 Å². The van der Waals surface area contributed by atoms with E-state index in [4.69, 9.17) is 4.74 Å². The smallest absolute Gasteiger partial charge is 0.329 e. The van der Waals surface area contributed by atoms with Crippen molar-refractivity contribution in [2.75, 3.05) is 0 Å². The van der Waals surface area contributed by atoms with E-state index in [0.717, 1.165) is 5.56 Å². The summed E-state index contributed by atoms with van der Waals surface area (Å²) in [6.45, 7) is 5.32. The number of H-pyrrole nitrogens is 1. The van der Waals surface area contributed by atoms with Gasteiger partial charge in [0.25, 0.3) is 5.91 Å². The van der Waals surface area contributed by atoms with Crippen molar-refractivity contribution in [2.45, 2.75) is 38.8 Å². The summed E-state index contributed by atoms with van der Waals surface area (Å²) in [4.78, 5) is 27.5. The number of aromatic amines is 1. The monoisotopic (exact) mass is 330 g/mol. The van der Waals surface area contributed by atoms with Gasteiger partial charge in [-0.2, -0.15) is 0 Å². The van der Waals surface area contributed by atoms with Gasteiger partial charge in [0.2, 0.25) is 0 Å². The Morgan fingerprint density at radius 2 is 1.88 bits per heavy atom. The molecule has 0 radical (unpaired) electrons. The second-order valence-corrected chi connectivity index (χ2v) is 6.53. The predicted octanol–water partition coefficient (Wildman–Crippen LogP) is 2.40. The molecule has 0 fully saturated rings. The highest BCUT2D eigenvalue weighted by atomic mass is 16.6. The minimum Gasteiger partial charge on any atom is -0.508 e. The van der Waals surface area contributed by atoms with Crippen LogP contribution in [0.5, 0.6) is 5.75 Å². The molecule has 0 saturated heterocycles. The minimum atomic E-state index is -0.823. The van der Waals surface area contributed by atoms with Gasteiger partial charge in [-0.1, -0.05) is 12.1 Å². The molecule has 0 aliphatic rings. The second kappa shape index (κ2) is 7.21. The van der Waals surface area contributed by atoms with E-state index in [1.165, 1.54) is 12.1 Å². The highest BCUT2D eigenvalue weighted by Gasteiger charge is 2.27. The van der Waals surface area contributed by atoms with Gasteiger partial charge in [0.05, 0.1) is 5.56 Å². The molecule has 128 valence electrons. The number of aromatic nitrogens is 1. The number of rotatable bonds is 5. The molecule has 0 saturated carbocycles. The summed E-state index contributed by atoms with van der Waals surface area (Å²) in [5.74, 6) is -0.714. The standard InChI is InChI=1S/C18H22N2O4/c1-18(2,3)24-17(23)15(10-12-4-6-14(21)7-5-12)20-16(22)13-8-9-19-11-13/h4-9,11,15,19,21H,10H2,1-3H3,(H,20,22)/t15-/m0/s1. The van der Waals surface area contributed by atoms with E-state index in [1.807, 2.05) is 0 Å². The van der Waals surface area contributed by atoms with Crippen molar-refractivity contribution >= 4 is 11.9 Å². The number of nitrogens with one attached hydrogen (secondary N) is 2. The summed E-state index contributed by atoms with van der Waals surface area (Å²) < 4.78 is 5.40. The number of ether oxygens (including phenoxy) is 1. The van der Waals surface area contributed by atoms with Crippen LogP contribution in [0.1, 0.15) is 36.7 Å². The number of phenols is 1. The van der Waals surface area contributed by atoms with E-state index in [-0.39, 0.29) is 18.1 Å². The summed E-state index contributed by atoms with van der Waals surface area (Å²) in [7, 11) is 0. The number of benzene rings is 1. The molecule has 1 aromatic carbocycles. The number of hydrogen-bond acceptors (Lipinski definition) is 4. The van der Waals surface area contributed by atoms with Crippen LogP contribution in [0.4, 0.5) is 0 Å². The van der Waals surface area contributed by atoms with E-state index in [0.29, 0.717) is 5.56 Å². The van der Waals surface area contributed by atoms with Crippen LogP contribution in [0.25, 0.3) is 0 Å². The van der Waals surface area contributed by atoms with Crippen LogP contribution in [0.15, 0.2) is 42.7 Å². The quantitative estimate of drug-likeness (QED) is 0.734. The zero-order chi connectivity index (χ0) is 17.7. The Morgan fingerprint density at radius 3 is 2.42 bits per heavy atom. The van der Waals surface area contributed by atoms with Crippen LogP contribution in [0.2, 0.25) is 0 Å². The molecule has 0 aliphatic heterocycles. The van der Waals surface area contributed by atoms with Crippen LogP contribution >= 0.6 is 0 Å². The van der Waals surface area contributed by atoms with E-state index >= 15 is 0 Å². The maximum atomic E-state index is 12.4. The van der Waals surface area contributed by atoms with Crippen LogP contribution in [-0.4, -0.2) is 33.6 Å². The van der Waals surface area contributed by atoms with Crippen molar-refractivity contribution in [3.8, 4) is 5.75 Å². The first kappa shape index (κ1) is 17.6. The largest absolute Gasteiger partial charge is 0.508 e. The summed E-state index contributed by atoms with van der Waals surface area (Å²) in [6.07, 6.45) is 3.46. The van der Waals surface area contributed by atoms with Gasteiger partial charge in [0.1, 0.15) is 17.4 Å². The first-order chi connectivity index (χ1) is 11.2. The van der Waals surface area contributed by atoms with Gasteiger partial charge in [-0.15, -0.1) is 0 Å². The number of amides is 1. The third-order valence-electron chi connectivity index (χ3n) is 3.23. The van der Waals surface area contributed by atoms with Gasteiger partial charge in [0, 0.05) is 18.8 Å². The topological polar surface area (TPSA) is 91.4 Å². The van der Waals surface area contributed by atoms with Crippen molar-refractivity contribution in [1.82, 2.24) is 10.3 Å². The van der Waals surface area contributed by atoms with E-state index in [1.54, 1.807) is 51.4 Å². The first-order valence-electron chi connectivity index (χ1n) is 7.69. The Hall–Kier alpha value is -2.76. The molecule has 0 bridgehead atoms. The average molecular weight is 330 g/mol. The highest BCUT2D eigenvalue weighted by Crippen LogP contribution is 2.14. The zero-order valence-corrected chi connectivity index (χ0v) is 14.0. The SMILES string of the molecule is CC(C)(C)OC(=O)[C@H](Cc1ccc(O)cc1)NC(=O)c1cc[nH]c1. The summed E-state index contributed by atoms with van der Waals surface area (Å²) in [6, 6.07) is 7.29. The Kier molecular flexibility index (Phi) is 5.28. The van der Waals surface area contributed by atoms with E-state index < -0.39 is 17.6 Å². The van der Waals surface area contributed by atoms with E-state index in [2.05, 4.69) is 10.3 Å². The normalized spacial score (nSPS) is 12.5. The fourth-order valence-electron chi connectivity index (χ4n) is 2.14. The molecule has 0 spiro atoms. The summed E-state index contributed by atoms with van der Waals surface area (Å²) in [5.41, 5.74) is 0.593. The number of phenolic OH excluding ortho intramolecular Hbond substituents is 1. The molecule has 1 amide bonds. The van der Waals surface area contributed by atoms with Gasteiger partial charge in [-0.3, -0.25) is 4.79 Å². The molecule has 1 aromatic heterocycles. The Balaban J connectivity index is 2.15. The molecule has 1 heterocycles. The van der Waals surface area contributed by atoms with Crippen molar-refractivity contribution in [3.05, 3.63) is 53.9 Å². The number of carbonyl (C=O) groups is 2. The molecule has 3 N–H and O–H groups in total. The summed E-state index contributed by atoms with van der Waals surface area (Å²) in [5, 5.41) is 12.1. The summed E-state index contributed by atoms with van der Waals surface area (Å²) >= 11 is 0. The van der Waals surface area contributed by atoms with Gasteiger partial charge in [-0.05, 0) is 44.5 Å². The fraction of sp³-hybridized carbons (Fsp3) is 0.333. The minimum absolute atomic E-state index is 0.143. The lowest BCUT2D eigenvalue weighted by molar-refractivity contribution is -0.157. The molecule has 2 aromatic rings. The lowest BCUT2D eigenvalue weighted by Gasteiger charge is -2.24. The average Bonchev–Trinajstić information content (AvgIpc) is 3.01. The predicted molar refractivity (Wildman–Crippen MR) is 89.7 cm³/mol. The number of carbonyl (C=O) groups excluding carboxylic acids is 2. The van der Waals surface area contributed by atoms with Crippen LogP contribution in [0, 0.1) is 0 Å². The Labute approximate surface area is 140 Å². The molecule has 24 heavy (non-hydrogen) atoms. The molecule has 1 atom stereocenters. The molecule has 2 rings (SSSR count). The third kappa shape index (κ3) is 5.15. The molecule has 0 unspecified atom stereocenters. The molecule has 6 nitrogen and oxygen atoms in total. The Bertz CT molecular complexity index is 685. The van der Waals surface area contributed by atoms with Crippen molar-refractivity contribution < 1.29 is 19.4 Å². The maximum Gasteiger partial charge on any atom is 0.329 e.